The molecule has 6 heteroatoms. The van der Waals surface area contributed by atoms with Crippen LogP contribution < -0.4 is 16.0 Å². The van der Waals surface area contributed by atoms with Crippen molar-refractivity contribution < 1.29 is 4.98 Å². The highest BCUT2D eigenvalue weighted by Gasteiger charge is 2.06. The summed E-state index contributed by atoms with van der Waals surface area (Å²) in [6.45, 7) is 2.88. The monoisotopic (exact) mass is 188 g/mol. The van der Waals surface area contributed by atoms with Gasteiger partial charge in [-0.05, 0) is 18.0 Å². The number of aromatic nitrogens is 3. The number of hydrogen-bond acceptors (Lipinski definition) is 4. The highest BCUT2D eigenvalue weighted by molar-refractivity contribution is 6.28. The van der Waals surface area contributed by atoms with Crippen LogP contribution in [0.2, 0.25) is 5.28 Å². The standard InChI is InChI=1S/C6H10ClN5/c1-2-3-9-6-11-4(7)10-5(8)12-6/h2-3H2,1H3,(H3,8,9,10,11,12)/p+1. The number of H-pyrrole nitrogens is 1. The van der Waals surface area contributed by atoms with E-state index >= 15 is 0 Å². The van der Waals surface area contributed by atoms with Gasteiger partial charge < -0.3 is 11.1 Å². The lowest BCUT2D eigenvalue weighted by atomic mass is 10.5. The minimum atomic E-state index is 0.143. The first-order valence-corrected chi connectivity index (χ1v) is 4.06. The molecule has 0 aromatic carbocycles. The van der Waals surface area contributed by atoms with Gasteiger partial charge in [0.05, 0.1) is 0 Å². The van der Waals surface area contributed by atoms with Crippen molar-refractivity contribution in [1.29, 1.82) is 0 Å². The quantitative estimate of drug-likeness (QED) is 0.718. The topological polar surface area (TPSA) is 78.0 Å². The van der Waals surface area contributed by atoms with Crippen molar-refractivity contribution in [3.8, 4) is 0 Å². The molecule has 0 amide bonds. The zero-order valence-corrected chi connectivity index (χ0v) is 7.52. The molecule has 4 N–H and O–H groups in total. The zero-order valence-electron chi connectivity index (χ0n) is 6.76. The van der Waals surface area contributed by atoms with Crippen molar-refractivity contribution in [3.05, 3.63) is 5.28 Å². The molecular weight excluding hydrogens is 178 g/mol. The number of anilines is 2. The molecule has 0 aliphatic heterocycles. The van der Waals surface area contributed by atoms with Gasteiger partial charge in [-0.15, -0.1) is 0 Å². The molecule has 0 bridgehead atoms. The van der Waals surface area contributed by atoms with Gasteiger partial charge in [-0.3, -0.25) is 0 Å². The maximum atomic E-state index is 5.57. The van der Waals surface area contributed by atoms with Gasteiger partial charge in [0.2, 0.25) is 0 Å². The van der Waals surface area contributed by atoms with E-state index in [0.717, 1.165) is 13.0 Å². The SMILES string of the molecule is CCCNc1nc(Cl)nc(N)[nH+]1. The third-order valence-corrected chi connectivity index (χ3v) is 1.37. The maximum absolute atomic E-state index is 5.57. The number of aromatic amines is 1. The fourth-order valence-corrected chi connectivity index (χ4v) is 0.897. The summed E-state index contributed by atoms with van der Waals surface area (Å²) in [4.78, 5) is 10.3. The van der Waals surface area contributed by atoms with Crippen LogP contribution in [-0.4, -0.2) is 16.5 Å². The van der Waals surface area contributed by atoms with E-state index in [0.29, 0.717) is 5.95 Å². The zero-order chi connectivity index (χ0) is 8.97. The largest absolute Gasteiger partial charge is 0.322 e. The fourth-order valence-electron chi connectivity index (χ4n) is 0.721. The van der Waals surface area contributed by atoms with Gasteiger partial charge in [-0.1, -0.05) is 16.9 Å². The summed E-state index contributed by atoms with van der Waals surface area (Å²) in [5, 5.41) is 3.15. The molecule has 12 heavy (non-hydrogen) atoms. The molecule has 1 aromatic rings. The Balaban J connectivity index is 2.72. The maximum Gasteiger partial charge on any atom is 0.322 e. The van der Waals surface area contributed by atoms with E-state index in [1.54, 1.807) is 0 Å². The minimum absolute atomic E-state index is 0.143. The average Bonchev–Trinajstić information content (AvgIpc) is 1.99. The van der Waals surface area contributed by atoms with Crippen molar-refractivity contribution >= 4 is 23.5 Å². The summed E-state index contributed by atoms with van der Waals surface area (Å²) >= 11 is 5.57. The number of rotatable bonds is 3. The van der Waals surface area contributed by atoms with Crippen LogP contribution in [-0.2, 0) is 0 Å². The Labute approximate surface area is 75.4 Å². The lowest BCUT2D eigenvalue weighted by molar-refractivity contribution is -0.351. The number of nitrogen functional groups attached to an aromatic ring is 1. The molecule has 66 valence electrons. The van der Waals surface area contributed by atoms with Crippen LogP contribution in [0.5, 0.6) is 0 Å². The third kappa shape index (κ3) is 2.50. The Morgan fingerprint density at radius 3 is 2.92 bits per heavy atom. The fraction of sp³-hybridized carbons (Fsp3) is 0.500. The van der Waals surface area contributed by atoms with Crippen LogP contribution in [0, 0.1) is 0 Å². The second kappa shape index (κ2) is 4.06. The first-order valence-electron chi connectivity index (χ1n) is 3.68. The van der Waals surface area contributed by atoms with E-state index in [1.165, 1.54) is 0 Å². The predicted octanol–water partition coefficient (Wildman–Crippen LogP) is 0.348. The Morgan fingerprint density at radius 1 is 1.58 bits per heavy atom. The second-order valence-corrected chi connectivity index (χ2v) is 2.62. The van der Waals surface area contributed by atoms with Crippen molar-refractivity contribution in [2.75, 3.05) is 17.6 Å². The highest BCUT2D eigenvalue weighted by atomic mass is 35.5. The van der Waals surface area contributed by atoms with E-state index in [9.17, 15) is 0 Å². The van der Waals surface area contributed by atoms with Gasteiger partial charge in [-0.2, -0.15) is 0 Å². The molecule has 0 spiro atoms. The summed E-state index contributed by atoms with van der Waals surface area (Å²) in [5.41, 5.74) is 5.40. The second-order valence-electron chi connectivity index (χ2n) is 2.28. The summed E-state index contributed by atoms with van der Waals surface area (Å²) in [6, 6.07) is 0. The van der Waals surface area contributed by atoms with Gasteiger partial charge in [0.1, 0.15) is 0 Å². The first-order chi connectivity index (χ1) is 5.72. The van der Waals surface area contributed by atoms with Crippen LogP contribution in [0.4, 0.5) is 11.9 Å². The lowest BCUT2D eigenvalue weighted by Crippen LogP contribution is -2.21. The Bertz CT molecular complexity index is 244. The number of nitrogens with zero attached hydrogens (tertiary/aromatic N) is 2. The number of halogens is 1. The van der Waals surface area contributed by atoms with E-state index in [2.05, 4.69) is 27.2 Å². The molecule has 1 rings (SSSR count). The molecule has 1 heterocycles. The summed E-state index contributed by atoms with van der Waals surface area (Å²) < 4.78 is 0. The van der Waals surface area contributed by atoms with E-state index < -0.39 is 0 Å². The third-order valence-electron chi connectivity index (χ3n) is 1.21. The van der Waals surface area contributed by atoms with Crippen molar-refractivity contribution in [2.45, 2.75) is 13.3 Å². The molecule has 0 fully saturated rings. The van der Waals surface area contributed by atoms with Gasteiger partial charge in [0, 0.05) is 6.54 Å². The van der Waals surface area contributed by atoms with Crippen LogP contribution in [0.1, 0.15) is 13.3 Å². The number of nitrogens with two attached hydrogens (primary N) is 1. The predicted molar refractivity (Wildman–Crippen MR) is 46.8 cm³/mol. The first kappa shape index (κ1) is 8.99. The molecule has 0 aliphatic rings. The van der Waals surface area contributed by atoms with Gasteiger partial charge >= 0.3 is 17.2 Å². The smallest absolute Gasteiger partial charge is 0.320 e. The molecular formula is C6H11ClN5+. The van der Waals surface area contributed by atoms with Crippen molar-refractivity contribution in [1.82, 2.24) is 9.97 Å². The van der Waals surface area contributed by atoms with Gasteiger partial charge in [-0.25, -0.2) is 4.98 Å². The van der Waals surface area contributed by atoms with E-state index in [-0.39, 0.29) is 11.2 Å². The van der Waals surface area contributed by atoms with E-state index in [1.807, 2.05) is 0 Å². The van der Waals surface area contributed by atoms with Crippen molar-refractivity contribution in [2.24, 2.45) is 0 Å². The molecule has 0 unspecified atom stereocenters. The molecule has 0 saturated carbocycles. The summed E-state index contributed by atoms with van der Waals surface area (Å²) in [6.07, 6.45) is 1.01. The Hall–Kier alpha value is -1.10. The normalized spacial score (nSPS) is 9.83. The lowest BCUT2D eigenvalue weighted by Gasteiger charge is -1.96. The number of nitrogens with one attached hydrogen (secondary N) is 2. The molecule has 5 nitrogen and oxygen atoms in total. The Morgan fingerprint density at radius 2 is 2.33 bits per heavy atom. The molecule has 1 aromatic heterocycles. The van der Waals surface area contributed by atoms with Crippen molar-refractivity contribution in [3.63, 3.8) is 0 Å². The molecule has 0 aliphatic carbocycles. The average molecular weight is 189 g/mol. The minimum Gasteiger partial charge on any atom is -0.320 e. The van der Waals surface area contributed by atoms with Crippen LogP contribution in [0.15, 0.2) is 0 Å². The molecule has 0 radical (unpaired) electrons. The Kier molecular flexibility index (Phi) is 3.04. The molecule has 0 saturated heterocycles. The highest BCUT2D eigenvalue weighted by Crippen LogP contribution is 2.01. The summed E-state index contributed by atoms with van der Waals surface area (Å²) in [7, 11) is 0. The number of hydrogen-bond donors (Lipinski definition) is 2. The summed E-state index contributed by atoms with van der Waals surface area (Å²) in [5.74, 6) is 0.808. The van der Waals surface area contributed by atoms with Crippen LogP contribution in [0.3, 0.4) is 0 Å². The van der Waals surface area contributed by atoms with Gasteiger partial charge in [0.15, 0.2) is 0 Å². The van der Waals surface area contributed by atoms with Crippen LogP contribution in [0.25, 0.3) is 0 Å². The van der Waals surface area contributed by atoms with E-state index in [4.69, 9.17) is 17.3 Å². The van der Waals surface area contributed by atoms with Gasteiger partial charge in [0.25, 0.3) is 0 Å². The van der Waals surface area contributed by atoms with Crippen LogP contribution >= 0.6 is 11.6 Å². The molecule has 0 atom stereocenters.